The van der Waals surface area contributed by atoms with E-state index in [-0.39, 0.29) is 76.2 Å². The third-order valence-corrected chi connectivity index (χ3v) is 1.000. The van der Waals surface area contributed by atoms with Gasteiger partial charge in [-0.15, -0.1) is 12.8 Å². The largest absolute Gasteiger partial charge is 3.00 e. The quantitative estimate of drug-likeness (QED) is 0.347. The Kier molecular flexibility index (Phi) is 68.0. The van der Waals surface area contributed by atoms with Crippen LogP contribution >= 0.6 is 0 Å². The molecule has 0 atom stereocenters. The van der Waals surface area contributed by atoms with Gasteiger partial charge in [0.1, 0.15) is 0 Å². The smallest absolute Gasteiger partial charge is 0.343 e. The normalized spacial score (nSPS) is 8.75. The number of unbranched alkanes of at least 4 members (excludes halogenated alkanes) is 4. The Bertz CT molecular complexity index is 107. The van der Waals surface area contributed by atoms with Crippen molar-refractivity contribution >= 4 is 0 Å². The van der Waals surface area contributed by atoms with E-state index in [0.717, 1.165) is 25.7 Å². The van der Waals surface area contributed by atoms with Gasteiger partial charge in [0.15, 0.2) is 0 Å². The summed E-state index contributed by atoms with van der Waals surface area (Å²) in [4.78, 5) is 0. The standard InChI is InChI=1S/2C5H11.2C5H10.C2H6.2Y/c2*1-5(2,3)4;2*1-3-5-4-2;1-2;;/h2*1H2,2-4H3;2*1-5H2;1-2H3;;/q2*-1;2*-2;;2*+3. The van der Waals surface area contributed by atoms with Crippen LogP contribution in [0.5, 0.6) is 0 Å². The Morgan fingerprint density at radius 2 is 0.583 bits per heavy atom. The zero-order chi connectivity index (χ0) is 19.2. The molecule has 0 bridgehead atoms. The minimum absolute atomic E-state index is 0. The van der Waals surface area contributed by atoms with Gasteiger partial charge >= 0.3 is 65.4 Å². The van der Waals surface area contributed by atoms with Gasteiger partial charge in [-0.05, 0) is 0 Å². The van der Waals surface area contributed by atoms with Crippen LogP contribution in [0.15, 0.2) is 0 Å². The second-order valence-corrected chi connectivity index (χ2v) is 7.24. The van der Waals surface area contributed by atoms with E-state index in [4.69, 9.17) is 0 Å². The zero-order valence-corrected chi connectivity index (χ0v) is 24.3. The molecule has 0 amide bonds. The Hall–Kier alpha value is 2.21. The van der Waals surface area contributed by atoms with Gasteiger partial charge in [0, 0.05) is 0 Å². The Labute approximate surface area is 209 Å². The van der Waals surface area contributed by atoms with E-state index in [0.29, 0.717) is 0 Å². The van der Waals surface area contributed by atoms with Crippen LogP contribution in [0.4, 0.5) is 0 Å². The minimum Gasteiger partial charge on any atom is -0.343 e. The van der Waals surface area contributed by atoms with Crippen molar-refractivity contribution in [2.75, 3.05) is 0 Å². The maximum absolute atomic E-state index is 3.77. The topological polar surface area (TPSA) is 0 Å². The van der Waals surface area contributed by atoms with Crippen LogP contribution in [0, 0.1) is 52.4 Å². The van der Waals surface area contributed by atoms with Crippen molar-refractivity contribution in [2.24, 2.45) is 10.8 Å². The van der Waals surface area contributed by atoms with Crippen LogP contribution in [0.2, 0.25) is 0 Å². The Balaban J connectivity index is -0.0000000302. The molecule has 0 aliphatic heterocycles. The first kappa shape index (κ1) is 45.1. The molecule has 0 unspecified atom stereocenters. The van der Waals surface area contributed by atoms with E-state index in [2.05, 4.69) is 83.1 Å². The fraction of sp³-hybridized carbons (Fsp3) is 0.727. The van der Waals surface area contributed by atoms with Crippen molar-refractivity contribution in [1.29, 1.82) is 0 Å². The maximum atomic E-state index is 3.77. The molecular weight excluding hydrogens is 442 g/mol. The number of hydrogen-bond donors (Lipinski definition) is 0. The molecule has 0 spiro atoms. The predicted octanol–water partition coefficient (Wildman–Crippen LogP) is 8.40. The molecule has 0 aliphatic carbocycles. The first-order chi connectivity index (χ1) is 9.83. The molecule has 0 aliphatic rings. The van der Waals surface area contributed by atoms with Crippen LogP contribution in [0.1, 0.15) is 93.9 Å². The average Bonchev–Trinajstić information content (AvgIpc) is 2.30. The molecule has 2 heteroatoms. The minimum atomic E-state index is 0. The van der Waals surface area contributed by atoms with Gasteiger partial charge in [0.2, 0.25) is 0 Å². The molecular formula is C22H48Y2. The van der Waals surface area contributed by atoms with Crippen molar-refractivity contribution in [3.8, 4) is 0 Å². The summed E-state index contributed by atoms with van der Waals surface area (Å²) in [6, 6.07) is 0. The van der Waals surface area contributed by atoms with Crippen molar-refractivity contribution < 1.29 is 65.4 Å². The summed E-state index contributed by atoms with van der Waals surface area (Å²) in [7, 11) is 0. The number of rotatable bonds is 4. The van der Waals surface area contributed by atoms with Gasteiger partial charge < -0.3 is 41.5 Å². The summed E-state index contributed by atoms with van der Waals surface area (Å²) in [6.07, 6.45) is 6.46. The van der Waals surface area contributed by atoms with E-state index >= 15 is 0 Å². The van der Waals surface area contributed by atoms with Crippen LogP contribution in [-0.4, -0.2) is 0 Å². The van der Waals surface area contributed by atoms with Gasteiger partial charge in [0.05, 0.1) is 0 Å². The molecule has 0 aromatic heterocycles. The molecule has 0 heterocycles. The maximum Gasteiger partial charge on any atom is 3.00 e. The Morgan fingerprint density at radius 1 is 0.500 bits per heavy atom. The first-order valence-corrected chi connectivity index (χ1v) is 8.71. The summed E-state index contributed by atoms with van der Waals surface area (Å²) < 4.78 is 0. The van der Waals surface area contributed by atoms with Gasteiger partial charge in [-0.25, -0.2) is 0 Å². The number of hydrogen-bond acceptors (Lipinski definition) is 0. The zero-order valence-electron chi connectivity index (χ0n) is 18.6. The molecule has 0 nitrogen and oxygen atoms in total. The molecule has 0 aromatic rings. The van der Waals surface area contributed by atoms with Crippen molar-refractivity contribution in [1.82, 2.24) is 0 Å². The fourth-order valence-corrected chi connectivity index (χ4v) is 0.354. The summed E-state index contributed by atoms with van der Waals surface area (Å²) >= 11 is 0. The van der Waals surface area contributed by atoms with Crippen molar-refractivity contribution in [3.05, 3.63) is 41.5 Å². The van der Waals surface area contributed by atoms with E-state index in [1.54, 1.807) is 0 Å². The predicted molar refractivity (Wildman–Crippen MR) is 110 cm³/mol. The fourth-order valence-electron chi connectivity index (χ4n) is 0.354. The molecule has 0 aromatic carbocycles. The van der Waals surface area contributed by atoms with Crippen LogP contribution < -0.4 is 0 Å². The first-order valence-electron chi connectivity index (χ1n) is 8.71. The monoisotopic (exact) mass is 490 g/mol. The summed E-state index contributed by atoms with van der Waals surface area (Å²) in [5.74, 6) is 0. The molecule has 0 rings (SSSR count). The molecule has 24 heavy (non-hydrogen) atoms. The van der Waals surface area contributed by atoms with Crippen LogP contribution in [-0.2, 0) is 65.4 Å². The Morgan fingerprint density at radius 3 is 0.583 bits per heavy atom. The summed E-state index contributed by atoms with van der Waals surface area (Å²) in [5.41, 5.74) is 0.500. The molecule has 0 N–H and O–H groups in total. The SMILES string of the molecule is CC.[CH2-]C(C)(C)C.[CH2-]C(C)(C)C.[CH2-]CCC[CH2-].[CH2-]CCC[CH2-].[Y+3].[Y+3]. The molecule has 0 fully saturated rings. The van der Waals surface area contributed by atoms with E-state index in [1.807, 2.05) is 13.8 Å². The van der Waals surface area contributed by atoms with Gasteiger partial charge in [-0.2, -0.15) is 36.5 Å². The van der Waals surface area contributed by atoms with E-state index in [9.17, 15) is 0 Å². The van der Waals surface area contributed by atoms with E-state index in [1.165, 1.54) is 12.8 Å². The molecule has 0 radical (unpaired) electrons. The second-order valence-electron chi connectivity index (χ2n) is 7.24. The van der Waals surface area contributed by atoms with Crippen LogP contribution in [0.25, 0.3) is 0 Å². The molecule has 0 saturated heterocycles. The third kappa shape index (κ3) is 338. The molecule has 0 saturated carbocycles. The second kappa shape index (κ2) is 36.2. The van der Waals surface area contributed by atoms with Crippen molar-refractivity contribution in [3.63, 3.8) is 0 Å². The molecule has 142 valence electrons. The average molecular weight is 490 g/mol. The van der Waals surface area contributed by atoms with Gasteiger partial charge in [0.25, 0.3) is 0 Å². The van der Waals surface area contributed by atoms with Gasteiger partial charge in [-0.3, -0.25) is 0 Å². The van der Waals surface area contributed by atoms with E-state index < -0.39 is 0 Å². The third-order valence-electron chi connectivity index (χ3n) is 1.000. The summed E-state index contributed by atoms with van der Waals surface area (Å²) in [6.45, 7) is 38.5. The summed E-state index contributed by atoms with van der Waals surface area (Å²) in [5, 5.41) is 0. The van der Waals surface area contributed by atoms with Crippen LogP contribution in [0.3, 0.4) is 0 Å². The van der Waals surface area contributed by atoms with Gasteiger partial charge in [-0.1, -0.05) is 55.4 Å². The van der Waals surface area contributed by atoms with Crippen molar-refractivity contribution in [2.45, 2.75) is 93.9 Å².